The average Bonchev–Trinajstić information content (AvgIpc) is 2.59. The highest BCUT2D eigenvalue weighted by molar-refractivity contribution is 7.80. The number of ether oxygens (including phenoxy) is 2. The van der Waals surface area contributed by atoms with E-state index in [4.69, 9.17) is 21.7 Å². The molecule has 4 saturated carbocycles. The van der Waals surface area contributed by atoms with Crippen LogP contribution >= 0.6 is 12.2 Å². The number of hydrogen-bond acceptors (Lipinski definition) is 4. The van der Waals surface area contributed by atoms with Crippen molar-refractivity contribution in [2.45, 2.75) is 44.1 Å². The number of nitrogens with one attached hydrogen (secondary N) is 2. The normalized spacial score (nSPS) is 33.6. The predicted octanol–water partition coefficient (Wildman–Crippen LogP) is 3.03. The lowest BCUT2D eigenvalue weighted by Gasteiger charge is -2.57. The van der Waals surface area contributed by atoms with Crippen LogP contribution in [-0.4, -0.2) is 29.8 Å². The summed E-state index contributed by atoms with van der Waals surface area (Å²) in [6.45, 7) is 1.04. The molecule has 1 heterocycles. The molecular weight excluding hydrogens is 348 g/mol. The Kier molecular flexibility index (Phi) is 3.85. The van der Waals surface area contributed by atoms with Gasteiger partial charge in [-0.2, -0.15) is 0 Å². The summed E-state index contributed by atoms with van der Waals surface area (Å²) in [5.74, 6) is 3.61. The van der Waals surface area contributed by atoms with Crippen LogP contribution in [0.1, 0.15) is 48.9 Å². The number of hydrogen-bond donors (Lipinski definition) is 2. The number of fused-ring (bicyclic) bond motifs is 1. The SMILES string of the molecule is O=C(NC(=S)NC12CC3CC(CC(C3)C1)C2)c1ccc2c(c1)OCCO2. The molecule has 0 radical (unpaired) electrons. The minimum absolute atomic E-state index is 0.103. The molecule has 0 aromatic heterocycles. The number of carbonyl (C=O) groups excluding carboxylic acids is 1. The Morgan fingerprint density at radius 2 is 1.62 bits per heavy atom. The molecule has 26 heavy (non-hydrogen) atoms. The van der Waals surface area contributed by atoms with E-state index in [1.54, 1.807) is 18.2 Å². The maximum atomic E-state index is 12.6. The molecule has 2 N–H and O–H groups in total. The Labute approximate surface area is 158 Å². The minimum atomic E-state index is -0.204. The maximum absolute atomic E-state index is 12.6. The second kappa shape index (κ2) is 6.12. The van der Waals surface area contributed by atoms with Gasteiger partial charge in [0.15, 0.2) is 16.6 Å². The molecule has 0 atom stereocenters. The first-order chi connectivity index (χ1) is 12.6. The fraction of sp³-hybridized carbons (Fsp3) is 0.600. The monoisotopic (exact) mass is 372 g/mol. The fourth-order valence-electron chi connectivity index (χ4n) is 5.90. The van der Waals surface area contributed by atoms with Gasteiger partial charge in [0, 0.05) is 11.1 Å². The zero-order valence-electron chi connectivity index (χ0n) is 14.8. The first-order valence-electron chi connectivity index (χ1n) is 9.62. The van der Waals surface area contributed by atoms with E-state index in [0.717, 1.165) is 17.8 Å². The van der Waals surface area contributed by atoms with E-state index in [-0.39, 0.29) is 11.4 Å². The molecule has 4 aliphatic carbocycles. The van der Waals surface area contributed by atoms with Crippen LogP contribution < -0.4 is 20.1 Å². The molecule has 4 bridgehead atoms. The molecule has 4 fully saturated rings. The second-order valence-corrected chi connectivity index (χ2v) is 8.87. The average molecular weight is 372 g/mol. The standard InChI is InChI=1S/C20H24N2O3S/c23-18(15-1-2-16-17(8-15)25-4-3-24-16)21-19(26)22-20-9-12-5-13(10-20)7-14(6-12)11-20/h1-2,8,12-14H,3-7,9-11H2,(H2,21,22,23,26). The van der Waals surface area contributed by atoms with Gasteiger partial charge in [0.05, 0.1) is 0 Å². The third kappa shape index (κ3) is 2.94. The highest BCUT2D eigenvalue weighted by Crippen LogP contribution is 2.55. The van der Waals surface area contributed by atoms with Crippen LogP contribution in [0, 0.1) is 17.8 Å². The number of rotatable bonds is 2. The second-order valence-electron chi connectivity index (χ2n) is 8.46. The van der Waals surface area contributed by atoms with Crippen LogP contribution in [0.2, 0.25) is 0 Å². The van der Waals surface area contributed by atoms with Crippen molar-refractivity contribution in [2.24, 2.45) is 17.8 Å². The Hall–Kier alpha value is -1.82. The molecule has 138 valence electrons. The molecule has 6 heteroatoms. The van der Waals surface area contributed by atoms with Gasteiger partial charge in [-0.05, 0) is 86.7 Å². The highest BCUT2D eigenvalue weighted by Gasteiger charge is 2.51. The lowest BCUT2D eigenvalue weighted by molar-refractivity contribution is -0.0101. The maximum Gasteiger partial charge on any atom is 0.257 e. The van der Waals surface area contributed by atoms with Crippen LogP contribution in [0.5, 0.6) is 11.5 Å². The van der Waals surface area contributed by atoms with Crippen molar-refractivity contribution in [1.82, 2.24) is 10.6 Å². The van der Waals surface area contributed by atoms with Gasteiger partial charge in [-0.15, -0.1) is 0 Å². The van der Waals surface area contributed by atoms with Crippen molar-refractivity contribution in [3.05, 3.63) is 23.8 Å². The number of thiocarbonyl (C=S) groups is 1. The van der Waals surface area contributed by atoms with Gasteiger partial charge < -0.3 is 14.8 Å². The van der Waals surface area contributed by atoms with Crippen LogP contribution in [0.15, 0.2) is 18.2 Å². The van der Waals surface area contributed by atoms with Gasteiger partial charge in [-0.1, -0.05) is 0 Å². The first kappa shape index (κ1) is 16.4. The largest absolute Gasteiger partial charge is 0.486 e. The van der Waals surface area contributed by atoms with E-state index in [9.17, 15) is 4.79 Å². The molecule has 0 unspecified atom stereocenters. The van der Waals surface area contributed by atoms with Crippen LogP contribution in [0.3, 0.4) is 0 Å². The minimum Gasteiger partial charge on any atom is -0.486 e. The van der Waals surface area contributed by atoms with Crippen LogP contribution in [0.25, 0.3) is 0 Å². The quantitative estimate of drug-likeness (QED) is 0.782. The Bertz CT molecular complexity index is 728. The lowest BCUT2D eigenvalue weighted by atomic mass is 9.53. The van der Waals surface area contributed by atoms with Crippen molar-refractivity contribution in [1.29, 1.82) is 0 Å². The fourth-order valence-corrected chi connectivity index (χ4v) is 6.20. The zero-order valence-corrected chi connectivity index (χ0v) is 15.6. The summed E-state index contributed by atoms with van der Waals surface area (Å²) >= 11 is 5.49. The van der Waals surface area contributed by atoms with Gasteiger partial charge in [-0.25, -0.2) is 0 Å². The molecule has 5 nitrogen and oxygen atoms in total. The third-order valence-corrected chi connectivity index (χ3v) is 6.65. The molecule has 1 aromatic rings. The van der Waals surface area contributed by atoms with Gasteiger partial charge in [0.25, 0.3) is 5.91 Å². The Balaban J connectivity index is 1.25. The Morgan fingerprint density at radius 1 is 1.00 bits per heavy atom. The highest BCUT2D eigenvalue weighted by atomic mass is 32.1. The molecule has 1 amide bonds. The summed E-state index contributed by atoms with van der Waals surface area (Å²) in [6.07, 6.45) is 7.74. The van der Waals surface area contributed by atoms with Crippen molar-refractivity contribution < 1.29 is 14.3 Å². The van der Waals surface area contributed by atoms with Crippen molar-refractivity contribution in [2.75, 3.05) is 13.2 Å². The van der Waals surface area contributed by atoms with E-state index >= 15 is 0 Å². The molecule has 6 rings (SSSR count). The van der Waals surface area contributed by atoms with Crippen LogP contribution in [-0.2, 0) is 0 Å². The molecule has 5 aliphatic rings. The molecular formula is C20H24N2O3S. The predicted molar refractivity (Wildman–Crippen MR) is 102 cm³/mol. The van der Waals surface area contributed by atoms with Gasteiger partial charge >= 0.3 is 0 Å². The topological polar surface area (TPSA) is 59.6 Å². The van der Waals surface area contributed by atoms with Gasteiger partial charge in [0.2, 0.25) is 0 Å². The van der Waals surface area contributed by atoms with Crippen molar-refractivity contribution in [3.63, 3.8) is 0 Å². The van der Waals surface area contributed by atoms with Crippen LogP contribution in [0.4, 0.5) is 0 Å². The molecule has 1 aromatic carbocycles. The summed E-state index contributed by atoms with van der Waals surface area (Å²) in [6, 6.07) is 5.24. The number of benzene rings is 1. The van der Waals surface area contributed by atoms with Gasteiger partial charge in [0.1, 0.15) is 13.2 Å². The van der Waals surface area contributed by atoms with Gasteiger partial charge in [-0.3, -0.25) is 10.1 Å². The molecule has 1 aliphatic heterocycles. The summed E-state index contributed by atoms with van der Waals surface area (Å²) in [5.41, 5.74) is 0.634. The molecule has 0 spiro atoms. The van der Waals surface area contributed by atoms with E-state index in [2.05, 4.69) is 10.6 Å². The first-order valence-corrected chi connectivity index (χ1v) is 10.0. The smallest absolute Gasteiger partial charge is 0.257 e. The Morgan fingerprint density at radius 3 is 2.27 bits per heavy atom. The third-order valence-electron chi connectivity index (χ3n) is 6.45. The lowest BCUT2D eigenvalue weighted by Crippen LogP contribution is -2.61. The van der Waals surface area contributed by atoms with E-state index in [1.807, 2.05) is 0 Å². The number of carbonyl (C=O) groups is 1. The van der Waals surface area contributed by atoms with E-state index in [0.29, 0.717) is 35.4 Å². The summed E-state index contributed by atoms with van der Waals surface area (Å²) in [7, 11) is 0. The van der Waals surface area contributed by atoms with E-state index in [1.165, 1.54) is 38.5 Å². The van der Waals surface area contributed by atoms with Crippen molar-refractivity contribution >= 4 is 23.2 Å². The number of amides is 1. The summed E-state index contributed by atoms with van der Waals surface area (Å²) < 4.78 is 11.1. The molecule has 0 saturated heterocycles. The van der Waals surface area contributed by atoms with E-state index < -0.39 is 0 Å². The zero-order chi connectivity index (χ0) is 17.7. The summed E-state index contributed by atoms with van der Waals surface area (Å²) in [5, 5.41) is 6.84. The summed E-state index contributed by atoms with van der Waals surface area (Å²) in [4.78, 5) is 12.6. The van der Waals surface area contributed by atoms with Crippen molar-refractivity contribution in [3.8, 4) is 11.5 Å².